The van der Waals surface area contributed by atoms with Gasteiger partial charge in [0.1, 0.15) is 0 Å². The smallest absolute Gasteiger partial charge is 0.340 e. The number of nitrogens with zero attached hydrogens (tertiary/aromatic N) is 1. The highest BCUT2D eigenvalue weighted by atomic mass is 32.2. The Hall–Kier alpha value is -2.61. The van der Waals surface area contributed by atoms with Gasteiger partial charge in [-0.25, -0.2) is 4.79 Å². The molecule has 2 rings (SSSR count). The zero-order valence-corrected chi connectivity index (χ0v) is 15.4. The molecular weight excluding hydrogens is 342 g/mol. The third kappa shape index (κ3) is 4.08. The first-order valence-corrected chi connectivity index (χ1v) is 9.24. The molecule has 8 heteroatoms. The summed E-state index contributed by atoms with van der Waals surface area (Å²) in [6, 6.07) is 7.96. The Labute approximate surface area is 147 Å². The molecule has 0 unspecified atom stereocenters. The van der Waals surface area contributed by atoms with Crippen LogP contribution in [0.2, 0.25) is 0 Å². The van der Waals surface area contributed by atoms with Gasteiger partial charge in [0.05, 0.1) is 28.5 Å². The number of carbonyl (C=O) groups is 1. The van der Waals surface area contributed by atoms with E-state index in [1.54, 1.807) is 45.9 Å². The first-order chi connectivity index (χ1) is 11.8. The number of sulfonamides is 1. The monoisotopic (exact) mass is 363 g/mol. The van der Waals surface area contributed by atoms with Crippen molar-refractivity contribution in [1.82, 2.24) is 9.82 Å². The van der Waals surface area contributed by atoms with Gasteiger partial charge in [0.15, 0.2) is 0 Å². The summed E-state index contributed by atoms with van der Waals surface area (Å²) in [5.41, 5.74) is 2.74. The maximum absolute atomic E-state index is 12.2. The van der Waals surface area contributed by atoms with Gasteiger partial charge < -0.3 is 9.72 Å². The number of esters is 1. The van der Waals surface area contributed by atoms with Gasteiger partial charge in [-0.2, -0.15) is 18.4 Å². The molecule has 2 N–H and O–H groups in total. The second kappa shape index (κ2) is 7.52. The Morgan fingerprint density at radius 2 is 1.88 bits per heavy atom. The second-order valence-electron chi connectivity index (χ2n) is 5.45. The summed E-state index contributed by atoms with van der Waals surface area (Å²) < 4.78 is 29.5. The summed E-state index contributed by atoms with van der Waals surface area (Å²) in [6.45, 7) is 7.18. The summed E-state index contributed by atoms with van der Waals surface area (Å²) in [7, 11) is -3.75. The standard InChI is InChI=1S/C17H21N3O4S/c1-5-24-17(21)15-11(2)16(18-12(15)3)13(4)19-20-25(22,23)14-9-7-6-8-10-14/h6-10,18,20H,5H2,1-4H3. The number of benzene rings is 1. The van der Waals surface area contributed by atoms with E-state index in [0.29, 0.717) is 28.2 Å². The van der Waals surface area contributed by atoms with Crippen LogP contribution in [0, 0.1) is 13.8 Å². The normalized spacial score (nSPS) is 12.1. The molecule has 1 aromatic heterocycles. The van der Waals surface area contributed by atoms with E-state index in [-0.39, 0.29) is 11.5 Å². The van der Waals surface area contributed by atoms with Crippen LogP contribution in [0.3, 0.4) is 0 Å². The third-order valence-corrected chi connectivity index (χ3v) is 4.89. The Morgan fingerprint density at radius 3 is 2.48 bits per heavy atom. The fraction of sp³-hybridized carbons (Fsp3) is 0.294. The number of nitrogens with one attached hydrogen (secondary N) is 2. The molecule has 0 aliphatic rings. The van der Waals surface area contributed by atoms with Gasteiger partial charge in [-0.3, -0.25) is 0 Å². The molecule has 0 saturated carbocycles. The summed E-state index contributed by atoms with van der Waals surface area (Å²) >= 11 is 0. The molecule has 1 aromatic carbocycles. The quantitative estimate of drug-likeness (QED) is 0.468. The van der Waals surface area contributed by atoms with Gasteiger partial charge in [-0.05, 0) is 45.4 Å². The average Bonchev–Trinajstić information content (AvgIpc) is 2.88. The third-order valence-electron chi connectivity index (χ3n) is 3.67. The van der Waals surface area contributed by atoms with Gasteiger partial charge >= 0.3 is 5.97 Å². The number of carbonyl (C=O) groups excluding carboxylic acids is 1. The highest BCUT2D eigenvalue weighted by Gasteiger charge is 2.21. The lowest BCUT2D eigenvalue weighted by molar-refractivity contribution is 0.0525. The second-order valence-corrected chi connectivity index (χ2v) is 7.11. The van der Waals surface area contributed by atoms with Gasteiger partial charge in [-0.1, -0.05) is 18.2 Å². The van der Waals surface area contributed by atoms with Crippen molar-refractivity contribution >= 4 is 21.7 Å². The van der Waals surface area contributed by atoms with Crippen LogP contribution in [0.5, 0.6) is 0 Å². The highest BCUT2D eigenvalue weighted by molar-refractivity contribution is 7.89. The molecule has 0 aliphatic heterocycles. The molecule has 0 amide bonds. The van der Waals surface area contributed by atoms with Crippen LogP contribution in [0.1, 0.15) is 41.2 Å². The first kappa shape index (κ1) is 18.7. The van der Waals surface area contributed by atoms with Crippen molar-refractivity contribution in [2.24, 2.45) is 5.10 Å². The van der Waals surface area contributed by atoms with Crippen molar-refractivity contribution in [3.63, 3.8) is 0 Å². The largest absolute Gasteiger partial charge is 0.462 e. The van der Waals surface area contributed by atoms with E-state index in [0.717, 1.165) is 0 Å². The summed E-state index contributed by atoms with van der Waals surface area (Å²) in [4.78, 5) is 17.4. The SMILES string of the molecule is CCOC(=O)c1c(C)[nH]c(C(C)=NNS(=O)(=O)c2ccccc2)c1C. The maximum atomic E-state index is 12.2. The molecular formula is C17H21N3O4S. The number of aromatic nitrogens is 1. The van der Waals surface area contributed by atoms with Crippen LogP contribution in [0.15, 0.2) is 40.3 Å². The number of hydrogen-bond donors (Lipinski definition) is 2. The molecule has 0 atom stereocenters. The first-order valence-electron chi connectivity index (χ1n) is 7.75. The minimum atomic E-state index is -3.75. The maximum Gasteiger partial charge on any atom is 0.340 e. The predicted octanol–water partition coefficient (Wildman–Crippen LogP) is 2.51. The molecule has 0 radical (unpaired) electrons. The topological polar surface area (TPSA) is 101 Å². The van der Waals surface area contributed by atoms with Crippen molar-refractivity contribution in [2.75, 3.05) is 6.61 Å². The molecule has 0 spiro atoms. The average molecular weight is 363 g/mol. The Morgan fingerprint density at radius 1 is 1.24 bits per heavy atom. The molecule has 7 nitrogen and oxygen atoms in total. The Bertz CT molecular complexity index is 899. The van der Waals surface area contributed by atoms with Crippen molar-refractivity contribution in [3.05, 3.63) is 52.8 Å². The molecule has 134 valence electrons. The van der Waals surface area contributed by atoms with Crippen LogP contribution in [-0.4, -0.2) is 31.7 Å². The zero-order valence-electron chi connectivity index (χ0n) is 14.6. The summed E-state index contributed by atoms with van der Waals surface area (Å²) in [5, 5.41) is 3.96. The van der Waals surface area contributed by atoms with E-state index in [9.17, 15) is 13.2 Å². The number of aromatic amines is 1. The van der Waals surface area contributed by atoms with Crippen LogP contribution in [0.4, 0.5) is 0 Å². The van der Waals surface area contributed by atoms with E-state index < -0.39 is 16.0 Å². The van der Waals surface area contributed by atoms with E-state index in [1.165, 1.54) is 12.1 Å². The van der Waals surface area contributed by atoms with Crippen molar-refractivity contribution in [3.8, 4) is 0 Å². The summed E-state index contributed by atoms with van der Waals surface area (Å²) in [6.07, 6.45) is 0. The van der Waals surface area contributed by atoms with Crippen molar-refractivity contribution in [1.29, 1.82) is 0 Å². The fourth-order valence-corrected chi connectivity index (χ4v) is 3.34. The minimum Gasteiger partial charge on any atom is -0.462 e. The number of ether oxygens (including phenoxy) is 1. The number of rotatable bonds is 6. The molecule has 0 bridgehead atoms. The lowest BCUT2D eigenvalue weighted by Crippen LogP contribution is -2.20. The van der Waals surface area contributed by atoms with Crippen molar-refractivity contribution < 1.29 is 17.9 Å². The molecule has 25 heavy (non-hydrogen) atoms. The lowest BCUT2D eigenvalue weighted by atomic mass is 10.1. The van der Waals surface area contributed by atoms with Crippen LogP contribution >= 0.6 is 0 Å². The molecule has 2 aromatic rings. The van der Waals surface area contributed by atoms with E-state index in [4.69, 9.17) is 4.74 Å². The van der Waals surface area contributed by atoms with Crippen LogP contribution < -0.4 is 4.83 Å². The molecule has 0 aliphatic carbocycles. The van der Waals surface area contributed by atoms with Gasteiger partial charge in [0.25, 0.3) is 10.0 Å². The van der Waals surface area contributed by atoms with Crippen LogP contribution in [0.25, 0.3) is 0 Å². The predicted molar refractivity (Wildman–Crippen MR) is 95.2 cm³/mol. The fourth-order valence-electron chi connectivity index (χ4n) is 2.46. The molecule has 0 fully saturated rings. The van der Waals surface area contributed by atoms with E-state index >= 15 is 0 Å². The highest BCUT2D eigenvalue weighted by Crippen LogP contribution is 2.20. The van der Waals surface area contributed by atoms with Gasteiger partial charge in [0.2, 0.25) is 0 Å². The van der Waals surface area contributed by atoms with Gasteiger partial charge in [-0.15, -0.1) is 0 Å². The summed E-state index contributed by atoms with van der Waals surface area (Å²) in [5.74, 6) is -0.419. The van der Waals surface area contributed by atoms with Crippen LogP contribution in [-0.2, 0) is 14.8 Å². The van der Waals surface area contributed by atoms with E-state index in [1.807, 2.05) is 0 Å². The lowest BCUT2D eigenvalue weighted by Gasteiger charge is -2.05. The zero-order chi connectivity index (χ0) is 18.6. The molecule has 0 saturated heterocycles. The number of hydrazone groups is 1. The number of H-pyrrole nitrogens is 1. The number of aryl methyl sites for hydroxylation is 1. The minimum absolute atomic E-state index is 0.123. The Kier molecular flexibility index (Phi) is 5.63. The van der Waals surface area contributed by atoms with Gasteiger partial charge in [0, 0.05) is 5.69 Å². The van der Waals surface area contributed by atoms with E-state index in [2.05, 4.69) is 14.9 Å². The van der Waals surface area contributed by atoms with Crippen molar-refractivity contribution in [2.45, 2.75) is 32.6 Å². The number of hydrogen-bond acceptors (Lipinski definition) is 5. The Balaban J connectivity index is 2.29. The molecule has 1 heterocycles.